The van der Waals surface area contributed by atoms with E-state index in [9.17, 15) is 23.1 Å². The van der Waals surface area contributed by atoms with Gasteiger partial charge in [0, 0.05) is 19.6 Å². The number of aliphatic hydroxyl groups excluding tert-OH is 1. The van der Waals surface area contributed by atoms with Gasteiger partial charge >= 0.3 is 12.1 Å². The Kier molecular flexibility index (Phi) is 8.64. The number of ether oxygens (including phenoxy) is 2. The maximum Gasteiger partial charge on any atom is 0.490 e. The number of carboxylic acid groups (broad SMARTS) is 1. The minimum atomic E-state index is -5.08. The van der Waals surface area contributed by atoms with Gasteiger partial charge in [0.15, 0.2) is 6.29 Å². The molecule has 4 rings (SSSR count). The molecule has 0 spiro atoms. The molecule has 0 saturated heterocycles. The lowest BCUT2D eigenvalue weighted by Crippen LogP contribution is -2.56. The van der Waals surface area contributed by atoms with Crippen LogP contribution < -0.4 is 0 Å². The zero-order chi connectivity index (χ0) is 26.2. The SMILES string of the molecule is CCOC(OCC)[C@@H]1C[C@@]2(C)[C@@H](CC[C@@H]3[C@@H]2CC[C@]2(C)[C@@H](O)CC[C@@H]32)CC1=O.O=C(O)C(F)(F)F. The van der Waals surface area contributed by atoms with E-state index in [1.54, 1.807) is 0 Å². The van der Waals surface area contributed by atoms with E-state index in [1.807, 2.05) is 13.8 Å². The van der Waals surface area contributed by atoms with E-state index in [0.717, 1.165) is 19.3 Å². The summed E-state index contributed by atoms with van der Waals surface area (Å²) in [5, 5.41) is 17.8. The Bertz CT molecular complexity index is 767. The fourth-order valence-electron chi connectivity index (χ4n) is 8.00. The molecule has 35 heavy (non-hydrogen) atoms. The number of hydrogen-bond acceptors (Lipinski definition) is 5. The van der Waals surface area contributed by atoms with Crippen LogP contribution in [0.1, 0.15) is 79.1 Å². The van der Waals surface area contributed by atoms with Crippen LogP contribution in [0.25, 0.3) is 0 Å². The lowest BCUT2D eigenvalue weighted by molar-refractivity contribution is -0.200. The number of aliphatic hydroxyl groups is 1. The second-order valence-electron chi connectivity index (χ2n) is 11.4. The van der Waals surface area contributed by atoms with Crippen molar-refractivity contribution in [3.05, 3.63) is 0 Å². The standard InChI is InChI=1S/C24H40O4.C2HF3O2/c1-5-27-22(28-6-2)17-14-24(4)15(13-20(17)25)7-8-16-18-9-10-21(26)23(18,3)12-11-19(16)24;3-2(4,5)1(6)7/h15-19,21-22,26H,5-14H2,1-4H3;(H,6,7)/t15-,16-,17+,18-,19-,21-,23-,24-;/m0./s1. The Labute approximate surface area is 205 Å². The zero-order valence-corrected chi connectivity index (χ0v) is 21.3. The molecule has 0 unspecified atom stereocenters. The molecule has 8 atom stereocenters. The summed E-state index contributed by atoms with van der Waals surface area (Å²) < 4.78 is 43.5. The molecule has 4 aliphatic carbocycles. The molecule has 4 saturated carbocycles. The molecule has 0 radical (unpaired) electrons. The van der Waals surface area contributed by atoms with E-state index in [4.69, 9.17) is 19.4 Å². The highest BCUT2D eigenvalue weighted by molar-refractivity contribution is 5.82. The van der Waals surface area contributed by atoms with E-state index in [0.29, 0.717) is 49.1 Å². The second kappa shape index (κ2) is 10.7. The topological polar surface area (TPSA) is 93.1 Å². The molecule has 6 nitrogen and oxygen atoms in total. The van der Waals surface area contributed by atoms with Gasteiger partial charge in [0.05, 0.1) is 12.0 Å². The summed E-state index contributed by atoms with van der Waals surface area (Å²) in [5.41, 5.74) is 0.316. The van der Waals surface area contributed by atoms with E-state index in [1.165, 1.54) is 25.7 Å². The van der Waals surface area contributed by atoms with Gasteiger partial charge in [-0.05, 0) is 93.3 Å². The van der Waals surface area contributed by atoms with Crippen molar-refractivity contribution in [1.29, 1.82) is 0 Å². The quantitative estimate of drug-likeness (QED) is 0.497. The van der Waals surface area contributed by atoms with Crippen molar-refractivity contribution in [2.75, 3.05) is 13.2 Å². The van der Waals surface area contributed by atoms with Gasteiger partial charge in [0.2, 0.25) is 0 Å². The summed E-state index contributed by atoms with van der Waals surface area (Å²) in [6, 6.07) is 0. The maximum atomic E-state index is 13.0. The summed E-state index contributed by atoms with van der Waals surface area (Å²) in [7, 11) is 0. The van der Waals surface area contributed by atoms with Crippen LogP contribution in [0.3, 0.4) is 0 Å². The van der Waals surface area contributed by atoms with E-state index in [2.05, 4.69) is 13.8 Å². The number of carboxylic acids is 1. The number of carbonyl (C=O) groups excluding carboxylic acids is 1. The van der Waals surface area contributed by atoms with Crippen LogP contribution in [0.4, 0.5) is 13.2 Å². The molecule has 4 aliphatic rings. The molecule has 0 aliphatic heterocycles. The minimum absolute atomic E-state index is 0.118. The lowest BCUT2D eigenvalue weighted by atomic mass is 9.44. The molecule has 9 heteroatoms. The summed E-state index contributed by atoms with van der Waals surface area (Å²) in [5.74, 6) is 0.0270. The van der Waals surface area contributed by atoms with Crippen LogP contribution in [0.15, 0.2) is 0 Å². The molecule has 0 heterocycles. The summed E-state index contributed by atoms with van der Waals surface area (Å²) in [6.07, 6.45) is 2.94. The number of carbonyl (C=O) groups is 2. The highest BCUT2D eigenvalue weighted by atomic mass is 19.4. The highest BCUT2D eigenvalue weighted by Crippen LogP contribution is 2.66. The smallest absolute Gasteiger partial charge is 0.475 e. The molecular weight excluding hydrogens is 465 g/mol. The number of rotatable bonds is 5. The van der Waals surface area contributed by atoms with Gasteiger partial charge in [-0.3, -0.25) is 4.79 Å². The average molecular weight is 507 g/mol. The minimum Gasteiger partial charge on any atom is -0.475 e. The number of hydrogen-bond donors (Lipinski definition) is 2. The molecule has 0 bridgehead atoms. The Morgan fingerprint density at radius 2 is 1.60 bits per heavy atom. The maximum absolute atomic E-state index is 13.0. The summed E-state index contributed by atoms with van der Waals surface area (Å²) in [6.45, 7) is 9.93. The molecule has 4 fully saturated rings. The van der Waals surface area contributed by atoms with Crippen molar-refractivity contribution >= 4 is 11.8 Å². The largest absolute Gasteiger partial charge is 0.490 e. The molecule has 0 amide bonds. The van der Waals surface area contributed by atoms with Gasteiger partial charge in [-0.1, -0.05) is 13.8 Å². The molecular formula is C26H41F3O6. The summed E-state index contributed by atoms with van der Waals surface area (Å²) >= 11 is 0. The van der Waals surface area contributed by atoms with Crippen molar-refractivity contribution in [3.63, 3.8) is 0 Å². The van der Waals surface area contributed by atoms with Gasteiger partial charge < -0.3 is 19.7 Å². The van der Waals surface area contributed by atoms with Gasteiger partial charge in [-0.25, -0.2) is 4.79 Å². The lowest BCUT2D eigenvalue weighted by Gasteiger charge is -2.61. The Balaban J connectivity index is 0.000000429. The van der Waals surface area contributed by atoms with Crippen LogP contribution in [-0.4, -0.2) is 53.7 Å². The second-order valence-corrected chi connectivity index (χ2v) is 11.4. The number of aliphatic carboxylic acids is 1. The Morgan fingerprint density at radius 3 is 2.14 bits per heavy atom. The molecule has 0 aromatic rings. The van der Waals surface area contributed by atoms with Crippen molar-refractivity contribution < 1.29 is 42.4 Å². The number of Topliss-reactive ketones (excluding diaryl/α,β-unsaturated/α-hetero) is 1. The predicted molar refractivity (Wildman–Crippen MR) is 122 cm³/mol. The van der Waals surface area contributed by atoms with Crippen LogP contribution in [0.5, 0.6) is 0 Å². The van der Waals surface area contributed by atoms with Gasteiger partial charge in [-0.2, -0.15) is 13.2 Å². The fraction of sp³-hybridized carbons (Fsp3) is 0.923. The number of halogens is 3. The zero-order valence-electron chi connectivity index (χ0n) is 21.3. The first-order valence-corrected chi connectivity index (χ1v) is 13.0. The van der Waals surface area contributed by atoms with Crippen molar-refractivity contribution in [1.82, 2.24) is 0 Å². The number of fused-ring (bicyclic) bond motifs is 5. The molecule has 2 N–H and O–H groups in total. The Morgan fingerprint density at radius 1 is 1.03 bits per heavy atom. The van der Waals surface area contributed by atoms with E-state index >= 15 is 0 Å². The first-order valence-electron chi connectivity index (χ1n) is 13.0. The molecule has 0 aromatic carbocycles. The van der Waals surface area contributed by atoms with E-state index in [-0.39, 0.29) is 29.1 Å². The normalized spacial score (nSPS) is 40.9. The fourth-order valence-corrected chi connectivity index (χ4v) is 8.00. The van der Waals surface area contributed by atoms with Crippen LogP contribution in [0.2, 0.25) is 0 Å². The monoisotopic (exact) mass is 506 g/mol. The van der Waals surface area contributed by atoms with Crippen LogP contribution >= 0.6 is 0 Å². The van der Waals surface area contributed by atoms with Crippen molar-refractivity contribution in [2.24, 2.45) is 40.4 Å². The predicted octanol–water partition coefficient (Wildman–Crippen LogP) is 5.22. The third kappa shape index (κ3) is 5.42. The average Bonchev–Trinajstić information content (AvgIpc) is 3.08. The van der Waals surface area contributed by atoms with Gasteiger partial charge in [-0.15, -0.1) is 0 Å². The Hall–Kier alpha value is -1.19. The molecule has 0 aromatic heterocycles. The first-order chi connectivity index (χ1) is 16.3. The number of alkyl halides is 3. The van der Waals surface area contributed by atoms with Crippen molar-refractivity contribution in [2.45, 2.75) is 97.6 Å². The van der Waals surface area contributed by atoms with Crippen LogP contribution in [0, 0.1) is 40.4 Å². The van der Waals surface area contributed by atoms with Gasteiger partial charge in [0.25, 0.3) is 0 Å². The van der Waals surface area contributed by atoms with Gasteiger partial charge in [0.1, 0.15) is 5.78 Å². The number of ketones is 1. The third-order valence-electron chi connectivity index (χ3n) is 9.77. The molecule has 202 valence electrons. The van der Waals surface area contributed by atoms with E-state index < -0.39 is 12.1 Å². The highest BCUT2D eigenvalue weighted by Gasteiger charge is 2.61. The summed E-state index contributed by atoms with van der Waals surface area (Å²) in [4.78, 5) is 21.9. The van der Waals surface area contributed by atoms with Crippen molar-refractivity contribution in [3.8, 4) is 0 Å². The third-order valence-corrected chi connectivity index (χ3v) is 9.77. The first kappa shape index (κ1) is 28.4. The van der Waals surface area contributed by atoms with Crippen LogP contribution in [-0.2, 0) is 19.1 Å².